The highest BCUT2D eigenvalue weighted by Crippen LogP contribution is 2.49. The predicted molar refractivity (Wildman–Crippen MR) is 58.5 cm³/mol. The molecule has 0 aromatic carbocycles. The monoisotopic (exact) mass is 206 g/mol. The summed E-state index contributed by atoms with van der Waals surface area (Å²) in [6.07, 6.45) is 0.828. The zero-order valence-corrected chi connectivity index (χ0v) is 10.6. The fraction of sp³-hybridized carbons (Fsp3) is 1.00. The number of hydrogen-bond acceptors (Lipinski definition) is 1. The summed E-state index contributed by atoms with van der Waals surface area (Å²) in [6, 6.07) is 0. The molecule has 0 atom stereocenters. The van der Waals surface area contributed by atoms with Crippen LogP contribution in [0.15, 0.2) is 0 Å². The molecule has 0 fully saturated rings. The minimum Gasteiger partial charge on any atom is -0.344 e. The normalized spacial score (nSPS) is 14.7. The van der Waals surface area contributed by atoms with Crippen LogP contribution in [0.2, 0.25) is 0 Å². The van der Waals surface area contributed by atoms with Gasteiger partial charge in [-0.25, -0.2) is 0 Å². The molecular formula is C10H23O2P. The Bertz CT molecular complexity index is 188. The molecule has 0 amide bonds. The van der Waals surface area contributed by atoms with Gasteiger partial charge in [0.1, 0.15) is 0 Å². The first-order valence-corrected chi connectivity index (χ1v) is 6.75. The largest absolute Gasteiger partial charge is 0.344 e. The van der Waals surface area contributed by atoms with Crippen molar-refractivity contribution >= 4 is 7.37 Å². The third kappa shape index (κ3) is 8.52. The number of rotatable bonds is 2. The van der Waals surface area contributed by atoms with Gasteiger partial charge in [-0.05, 0) is 10.8 Å². The van der Waals surface area contributed by atoms with E-state index in [0.29, 0.717) is 12.3 Å². The smallest absolute Gasteiger partial charge is 0.201 e. The lowest BCUT2D eigenvalue weighted by Gasteiger charge is -2.27. The second-order valence-electron chi connectivity index (χ2n) is 6.28. The summed E-state index contributed by atoms with van der Waals surface area (Å²) in [6.45, 7) is 12.0. The molecule has 0 aromatic heterocycles. The van der Waals surface area contributed by atoms with Crippen molar-refractivity contribution in [3.05, 3.63) is 0 Å². The quantitative estimate of drug-likeness (QED) is 0.703. The highest BCUT2D eigenvalue weighted by atomic mass is 31.2. The molecule has 0 unspecified atom stereocenters. The maximum atomic E-state index is 11.8. The first-order valence-electron chi connectivity index (χ1n) is 4.72. The molecule has 3 heteroatoms. The Kier molecular flexibility index (Phi) is 3.80. The summed E-state index contributed by atoms with van der Waals surface area (Å²) in [7, 11) is -2.94. The van der Waals surface area contributed by atoms with E-state index < -0.39 is 7.37 Å². The minimum atomic E-state index is -2.94. The molecule has 0 heterocycles. The topological polar surface area (TPSA) is 37.3 Å². The Morgan fingerprint density at radius 3 is 1.31 bits per heavy atom. The van der Waals surface area contributed by atoms with Gasteiger partial charge in [0, 0.05) is 12.3 Å². The molecule has 80 valence electrons. The van der Waals surface area contributed by atoms with E-state index in [1.165, 1.54) is 0 Å². The van der Waals surface area contributed by atoms with E-state index in [-0.39, 0.29) is 10.8 Å². The Morgan fingerprint density at radius 1 is 0.923 bits per heavy atom. The van der Waals surface area contributed by atoms with Crippen molar-refractivity contribution in [2.45, 2.75) is 41.5 Å². The van der Waals surface area contributed by atoms with Gasteiger partial charge >= 0.3 is 0 Å². The van der Waals surface area contributed by atoms with E-state index in [0.717, 1.165) is 0 Å². The van der Waals surface area contributed by atoms with Gasteiger partial charge in [0.25, 0.3) is 0 Å². The van der Waals surface area contributed by atoms with Gasteiger partial charge in [-0.3, -0.25) is 4.57 Å². The summed E-state index contributed by atoms with van der Waals surface area (Å²) < 4.78 is 11.8. The molecule has 0 saturated heterocycles. The van der Waals surface area contributed by atoms with E-state index in [1.807, 2.05) is 41.5 Å². The van der Waals surface area contributed by atoms with Crippen molar-refractivity contribution in [3.63, 3.8) is 0 Å². The molecular weight excluding hydrogens is 183 g/mol. The molecule has 0 radical (unpaired) electrons. The zero-order valence-electron chi connectivity index (χ0n) is 9.72. The summed E-state index contributed by atoms with van der Waals surface area (Å²) >= 11 is 0. The third-order valence-corrected chi connectivity index (χ3v) is 4.33. The maximum Gasteiger partial charge on any atom is 0.201 e. The maximum absolute atomic E-state index is 11.8. The van der Waals surface area contributed by atoms with Gasteiger partial charge in [-0.2, -0.15) is 0 Å². The highest BCUT2D eigenvalue weighted by Gasteiger charge is 2.30. The fourth-order valence-electron chi connectivity index (χ4n) is 1.54. The van der Waals surface area contributed by atoms with Crippen molar-refractivity contribution < 1.29 is 9.46 Å². The van der Waals surface area contributed by atoms with Gasteiger partial charge in [0.2, 0.25) is 7.37 Å². The van der Waals surface area contributed by atoms with Crippen LogP contribution < -0.4 is 0 Å². The molecule has 0 rings (SSSR count). The van der Waals surface area contributed by atoms with Gasteiger partial charge < -0.3 is 4.89 Å². The van der Waals surface area contributed by atoms with Crippen molar-refractivity contribution in [1.29, 1.82) is 0 Å². The average Bonchev–Trinajstić information content (AvgIpc) is 1.43. The second kappa shape index (κ2) is 3.74. The van der Waals surface area contributed by atoms with Crippen LogP contribution >= 0.6 is 7.37 Å². The first-order chi connectivity index (χ1) is 5.41. The molecule has 0 aliphatic rings. The average molecular weight is 206 g/mol. The Hall–Kier alpha value is 0.190. The SMILES string of the molecule is CC(C)(C)CP(=O)(O)CC(C)(C)C. The molecule has 0 spiro atoms. The van der Waals surface area contributed by atoms with Gasteiger partial charge in [0.05, 0.1) is 0 Å². The van der Waals surface area contributed by atoms with E-state index in [2.05, 4.69) is 0 Å². The van der Waals surface area contributed by atoms with Crippen LogP contribution in [0.5, 0.6) is 0 Å². The van der Waals surface area contributed by atoms with Crippen LogP contribution in [0.3, 0.4) is 0 Å². The molecule has 13 heavy (non-hydrogen) atoms. The van der Waals surface area contributed by atoms with Crippen molar-refractivity contribution in [2.24, 2.45) is 10.8 Å². The Labute approximate surface area is 82.2 Å². The van der Waals surface area contributed by atoms with E-state index in [9.17, 15) is 9.46 Å². The summed E-state index contributed by atoms with van der Waals surface area (Å²) in [5.74, 6) is 0. The zero-order chi connectivity index (χ0) is 10.9. The lowest BCUT2D eigenvalue weighted by Crippen LogP contribution is -2.19. The molecule has 0 bridgehead atoms. The summed E-state index contributed by atoms with van der Waals surface area (Å²) in [5.41, 5.74) is -0.120. The van der Waals surface area contributed by atoms with Crippen LogP contribution in [0.1, 0.15) is 41.5 Å². The van der Waals surface area contributed by atoms with Crippen LogP contribution in [0.25, 0.3) is 0 Å². The number of hydrogen-bond donors (Lipinski definition) is 1. The van der Waals surface area contributed by atoms with Gasteiger partial charge in [0.15, 0.2) is 0 Å². The lowest BCUT2D eigenvalue weighted by atomic mass is 10.0. The highest BCUT2D eigenvalue weighted by molar-refractivity contribution is 7.58. The molecule has 0 saturated carbocycles. The lowest BCUT2D eigenvalue weighted by molar-refractivity contribution is 0.390. The second-order valence-corrected chi connectivity index (χ2v) is 8.61. The molecule has 0 aliphatic carbocycles. The van der Waals surface area contributed by atoms with Gasteiger partial charge in [-0.15, -0.1) is 0 Å². The van der Waals surface area contributed by atoms with Gasteiger partial charge in [-0.1, -0.05) is 41.5 Å². The fourth-order valence-corrected chi connectivity index (χ4v) is 4.61. The van der Waals surface area contributed by atoms with Crippen LogP contribution in [-0.2, 0) is 4.57 Å². The van der Waals surface area contributed by atoms with Crippen molar-refractivity contribution in [2.75, 3.05) is 12.3 Å². The standard InChI is InChI=1S/C10H23O2P/c1-9(2,3)7-13(11,12)8-10(4,5)6/h7-8H2,1-6H3,(H,11,12). The Balaban J connectivity index is 4.35. The van der Waals surface area contributed by atoms with E-state index in [1.54, 1.807) is 0 Å². The first kappa shape index (κ1) is 13.2. The summed E-state index contributed by atoms with van der Waals surface area (Å²) in [5, 5.41) is 0. The van der Waals surface area contributed by atoms with Crippen molar-refractivity contribution in [1.82, 2.24) is 0 Å². The third-order valence-electron chi connectivity index (χ3n) is 1.44. The van der Waals surface area contributed by atoms with E-state index >= 15 is 0 Å². The molecule has 2 nitrogen and oxygen atoms in total. The molecule has 1 N–H and O–H groups in total. The van der Waals surface area contributed by atoms with Crippen LogP contribution in [0.4, 0.5) is 0 Å². The molecule has 0 aliphatic heterocycles. The van der Waals surface area contributed by atoms with Crippen LogP contribution in [-0.4, -0.2) is 17.2 Å². The van der Waals surface area contributed by atoms with Crippen molar-refractivity contribution in [3.8, 4) is 0 Å². The minimum absolute atomic E-state index is 0.0600. The van der Waals surface area contributed by atoms with E-state index in [4.69, 9.17) is 0 Å². The predicted octanol–water partition coefficient (Wildman–Crippen LogP) is 3.35. The Morgan fingerprint density at radius 2 is 1.15 bits per heavy atom. The molecule has 0 aromatic rings. The van der Waals surface area contributed by atoms with Crippen LogP contribution in [0, 0.1) is 10.8 Å². The summed E-state index contributed by atoms with van der Waals surface area (Å²) in [4.78, 5) is 9.74.